The first-order chi connectivity index (χ1) is 7.79. The summed E-state index contributed by atoms with van der Waals surface area (Å²) in [5.74, 6) is 1.80. The number of hydrogen-bond acceptors (Lipinski definition) is 3. The van der Waals surface area contributed by atoms with Gasteiger partial charge in [0.1, 0.15) is 0 Å². The summed E-state index contributed by atoms with van der Waals surface area (Å²) in [6, 6.07) is 6.72. The lowest BCUT2D eigenvalue weighted by Crippen LogP contribution is -2.19. The lowest BCUT2D eigenvalue weighted by molar-refractivity contribution is 0.628. The molecule has 88 valence electrons. The van der Waals surface area contributed by atoms with Crippen LogP contribution in [0.3, 0.4) is 0 Å². The van der Waals surface area contributed by atoms with Crippen molar-refractivity contribution in [3.05, 3.63) is 23.8 Å². The van der Waals surface area contributed by atoms with E-state index < -0.39 is 0 Å². The predicted molar refractivity (Wildman–Crippen MR) is 72.2 cm³/mol. The van der Waals surface area contributed by atoms with E-state index in [2.05, 4.69) is 30.4 Å². The Balaban J connectivity index is 2.00. The average molecular weight is 236 g/mol. The molecule has 0 bridgehead atoms. The summed E-state index contributed by atoms with van der Waals surface area (Å²) in [4.78, 5) is 1.46. The fourth-order valence-electron chi connectivity index (χ4n) is 1.85. The zero-order valence-corrected chi connectivity index (χ0v) is 10.6. The summed E-state index contributed by atoms with van der Waals surface area (Å²) in [5, 5.41) is 3.46. The van der Waals surface area contributed by atoms with Crippen molar-refractivity contribution in [3.63, 3.8) is 0 Å². The molecule has 0 aliphatic carbocycles. The van der Waals surface area contributed by atoms with Crippen LogP contribution in [-0.4, -0.2) is 18.8 Å². The van der Waals surface area contributed by atoms with Gasteiger partial charge in [0.25, 0.3) is 0 Å². The number of hydrogen-bond donors (Lipinski definition) is 2. The maximum Gasteiger partial charge on any atom is 0.0343 e. The minimum Gasteiger partial charge on any atom is -0.385 e. The number of rotatable bonds is 4. The molecule has 1 unspecified atom stereocenters. The van der Waals surface area contributed by atoms with Crippen LogP contribution in [0.25, 0.3) is 0 Å². The quantitative estimate of drug-likeness (QED) is 0.844. The molecule has 0 saturated heterocycles. The van der Waals surface area contributed by atoms with Gasteiger partial charge in [-0.05, 0) is 54.8 Å². The van der Waals surface area contributed by atoms with Crippen molar-refractivity contribution in [1.82, 2.24) is 0 Å². The molecule has 3 N–H and O–H groups in total. The fourth-order valence-corrected chi connectivity index (χ4v) is 2.86. The maximum absolute atomic E-state index is 5.60. The second-order valence-corrected chi connectivity index (χ2v) is 5.63. The molecule has 0 spiro atoms. The third-order valence-corrected chi connectivity index (χ3v) is 4.17. The number of anilines is 1. The van der Waals surface area contributed by atoms with Gasteiger partial charge in [0, 0.05) is 17.1 Å². The zero-order chi connectivity index (χ0) is 11.4. The van der Waals surface area contributed by atoms with E-state index in [-0.39, 0.29) is 0 Å². The summed E-state index contributed by atoms with van der Waals surface area (Å²) in [6.45, 7) is 3.87. The average Bonchev–Trinajstić information content (AvgIpc) is 2.35. The molecule has 0 amide bonds. The number of nitrogens with two attached hydrogens (primary N) is 1. The maximum atomic E-state index is 5.60. The Bertz CT molecular complexity index is 352. The molecule has 1 heterocycles. The molecule has 1 aliphatic heterocycles. The van der Waals surface area contributed by atoms with Crippen molar-refractivity contribution in [2.24, 2.45) is 11.7 Å². The SMILES string of the molecule is CC(CN)CNc1ccc2c(c1)CCCS2. The lowest BCUT2D eigenvalue weighted by atomic mass is 10.1. The second-order valence-electron chi connectivity index (χ2n) is 4.50. The molecule has 0 saturated carbocycles. The first-order valence-electron chi connectivity index (χ1n) is 5.99. The van der Waals surface area contributed by atoms with Gasteiger partial charge in [-0.3, -0.25) is 0 Å². The van der Waals surface area contributed by atoms with Crippen molar-refractivity contribution < 1.29 is 0 Å². The van der Waals surface area contributed by atoms with E-state index in [0.717, 1.165) is 13.1 Å². The van der Waals surface area contributed by atoms with E-state index in [4.69, 9.17) is 5.73 Å². The monoisotopic (exact) mass is 236 g/mol. The number of fused-ring (bicyclic) bond motifs is 1. The topological polar surface area (TPSA) is 38.0 Å². The zero-order valence-electron chi connectivity index (χ0n) is 9.83. The summed E-state index contributed by atoms with van der Waals surface area (Å²) in [7, 11) is 0. The smallest absolute Gasteiger partial charge is 0.0343 e. The Kier molecular flexibility index (Phi) is 4.13. The van der Waals surface area contributed by atoms with Gasteiger partial charge in [0.15, 0.2) is 0 Å². The van der Waals surface area contributed by atoms with Gasteiger partial charge in [-0.15, -0.1) is 11.8 Å². The third-order valence-electron chi connectivity index (χ3n) is 2.97. The molecule has 0 fully saturated rings. The summed E-state index contributed by atoms with van der Waals surface area (Å²) < 4.78 is 0. The molecular formula is C13H20N2S. The van der Waals surface area contributed by atoms with Crippen LogP contribution in [-0.2, 0) is 6.42 Å². The van der Waals surface area contributed by atoms with Gasteiger partial charge < -0.3 is 11.1 Å². The number of benzene rings is 1. The highest BCUT2D eigenvalue weighted by molar-refractivity contribution is 7.99. The molecule has 1 aromatic carbocycles. The highest BCUT2D eigenvalue weighted by atomic mass is 32.2. The van der Waals surface area contributed by atoms with E-state index in [0.29, 0.717) is 5.92 Å². The van der Waals surface area contributed by atoms with Gasteiger partial charge >= 0.3 is 0 Å². The van der Waals surface area contributed by atoms with E-state index in [9.17, 15) is 0 Å². The lowest BCUT2D eigenvalue weighted by Gasteiger charge is -2.17. The van der Waals surface area contributed by atoms with Gasteiger partial charge in [-0.25, -0.2) is 0 Å². The third kappa shape index (κ3) is 2.92. The van der Waals surface area contributed by atoms with Crippen molar-refractivity contribution in [1.29, 1.82) is 0 Å². The Morgan fingerprint density at radius 1 is 1.50 bits per heavy atom. The molecule has 0 radical (unpaired) electrons. The first-order valence-corrected chi connectivity index (χ1v) is 6.98. The van der Waals surface area contributed by atoms with Crippen LogP contribution in [0.5, 0.6) is 0 Å². The standard InChI is InChI=1S/C13H20N2S/c1-10(8-14)9-15-12-4-5-13-11(7-12)3-2-6-16-13/h4-5,7,10,15H,2-3,6,8-9,14H2,1H3. The normalized spacial score (nSPS) is 16.6. The molecule has 1 aromatic rings. The van der Waals surface area contributed by atoms with Crippen molar-refractivity contribution in [3.8, 4) is 0 Å². The predicted octanol–water partition coefficient (Wildman–Crippen LogP) is 2.73. The Morgan fingerprint density at radius 2 is 2.38 bits per heavy atom. The van der Waals surface area contributed by atoms with Crippen LogP contribution in [0.1, 0.15) is 18.9 Å². The second kappa shape index (κ2) is 5.60. The van der Waals surface area contributed by atoms with Gasteiger partial charge in [-0.2, -0.15) is 0 Å². The van der Waals surface area contributed by atoms with Gasteiger partial charge in [0.2, 0.25) is 0 Å². The minimum atomic E-state index is 0.533. The van der Waals surface area contributed by atoms with Crippen molar-refractivity contribution in [2.45, 2.75) is 24.7 Å². The Labute approximate surface area is 102 Å². The van der Waals surface area contributed by atoms with Gasteiger partial charge in [0.05, 0.1) is 0 Å². The first kappa shape index (κ1) is 11.8. The summed E-state index contributed by atoms with van der Waals surface area (Å²) >= 11 is 1.98. The van der Waals surface area contributed by atoms with E-state index >= 15 is 0 Å². The highest BCUT2D eigenvalue weighted by Crippen LogP contribution is 2.31. The molecule has 1 atom stereocenters. The highest BCUT2D eigenvalue weighted by Gasteiger charge is 2.10. The fraction of sp³-hybridized carbons (Fsp3) is 0.538. The summed E-state index contributed by atoms with van der Waals surface area (Å²) in [5.41, 5.74) is 8.34. The van der Waals surface area contributed by atoms with Crippen LogP contribution < -0.4 is 11.1 Å². The summed E-state index contributed by atoms with van der Waals surface area (Å²) in [6.07, 6.45) is 2.53. The molecule has 3 heteroatoms. The van der Waals surface area contributed by atoms with Crippen LogP contribution in [0.4, 0.5) is 5.69 Å². The molecule has 2 nitrogen and oxygen atoms in total. The van der Waals surface area contributed by atoms with E-state index in [1.54, 1.807) is 0 Å². The van der Waals surface area contributed by atoms with Crippen LogP contribution in [0, 0.1) is 5.92 Å². The van der Waals surface area contributed by atoms with E-state index in [1.165, 1.54) is 34.7 Å². The van der Waals surface area contributed by atoms with Crippen LogP contribution in [0.2, 0.25) is 0 Å². The van der Waals surface area contributed by atoms with Crippen molar-refractivity contribution in [2.75, 3.05) is 24.2 Å². The van der Waals surface area contributed by atoms with Crippen LogP contribution in [0.15, 0.2) is 23.1 Å². The number of aryl methyl sites for hydroxylation is 1. The van der Waals surface area contributed by atoms with Gasteiger partial charge in [-0.1, -0.05) is 6.92 Å². The molecule has 0 aromatic heterocycles. The minimum absolute atomic E-state index is 0.533. The van der Waals surface area contributed by atoms with E-state index in [1.807, 2.05) is 11.8 Å². The molecule has 1 aliphatic rings. The van der Waals surface area contributed by atoms with Crippen molar-refractivity contribution >= 4 is 17.4 Å². The Morgan fingerprint density at radius 3 is 3.19 bits per heavy atom. The molecule has 16 heavy (non-hydrogen) atoms. The largest absolute Gasteiger partial charge is 0.385 e. The number of nitrogens with one attached hydrogen (secondary N) is 1. The molecular weight excluding hydrogens is 216 g/mol. The Hall–Kier alpha value is -0.670. The van der Waals surface area contributed by atoms with Crippen LogP contribution >= 0.6 is 11.8 Å². The molecule has 2 rings (SSSR count). The number of thioether (sulfide) groups is 1.